The molecule has 0 saturated carbocycles. The van der Waals surface area contributed by atoms with Gasteiger partial charge in [0, 0.05) is 52.1 Å². The largest absolute Gasteiger partial charge is 0.339 e. The van der Waals surface area contributed by atoms with Gasteiger partial charge in [-0.3, -0.25) is 14.9 Å². The average molecular weight is 389 g/mol. The molecule has 1 aliphatic rings. The molecule has 0 spiro atoms. The van der Waals surface area contributed by atoms with E-state index in [2.05, 4.69) is 4.90 Å². The van der Waals surface area contributed by atoms with Gasteiger partial charge in [-0.05, 0) is 37.4 Å². The fraction of sp³-hybridized carbons (Fsp3) is 0.211. The molecule has 0 radical (unpaired) electrons. The number of aromatic nitrogens is 1. The summed E-state index contributed by atoms with van der Waals surface area (Å²) in [6.07, 6.45) is 0. The standard InChI is InChI=1S/C19H17F2N3O2S/c1-23-6-7-24-16(10-23)18(14-8-12(20)9-15(21)17(14)24)27-13-4-2-11(3-5-13)19(25)22-26/h2-5,8-9,26H,6-7,10H2,1H3,(H,22,25). The van der Waals surface area contributed by atoms with Crippen molar-refractivity contribution in [2.75, 3.05) is 13.6 Å². The van der Waals surface area contributed by atoms with Crippen molar-refractivity contribution in [3.8, 4) is 0 Å². The Kier molecular flexibility index (Phi) is 4.63. The summed E-state index contributed by atoms with van der Waals surface area (Å²) in [6.45, 7) is 2.08. The van der Waals surface area contributed by atoms with Crippen LogP contribution < -0.4 is 5.48 Å². The number of carbonyl (C=O) groups excluding carboxylic acids is 1. The number of nitrogens with one attached hydrogen (secondary N) is 1. The molecule has 0 bridgehead atoms. The third kappa shape index (κ3) is 3.20. The highest BCUT2D eigenvalue weighted by atomic mass is 32.2. The first-order valence-electron chi connectivity index (χ1n) is 8.39. The smallest absolute Gasteiger partial charge is 0.274 e. The van der Waals surface area contributed by atoms with E-state index in [9.17, 15) is 13.6 Å². The van der Waals surface area contributed by atoms with E-state index in [0.29, 0.717) is 29.6 Å². The highest BCUT2D eigenvalue weighted by molar-refractivity contribution is 7.99. The Hall–Kier alpha value is -2.42. The van der Waals surface area contributed by atoms with Crippen LogP contribution in [0.25, 0.3) is 10.9 Å². The zero-order chi connectivity index (χ0) is 19.1. The van der Waals surface area contributed by atoms with Crippen molar-refractivity contribution in [1.82, 2.24) is 14.9 Å². The van der Waals surface area contributed by atoms with E-state index < -0.39 is 17.5 Å². The minimum absolute atomic E-state index is 0.322. The monoisotopic (exact) mass is 389 g/mol. The second-order valence-electron chi connectivity index (χ2n) is 6.52. The van der Waals surface area contributed by atoms with Crippen LogP contribution >= 0.6 is 11.8 Å². The van der Waals surface area contributed by atoms with Crippen LogP contribution in [-0.2, 0) is 13.1 Å². The molecule has 0 fully saturated rings. The van der Waals surface area contributed by atoms with Crippen LogP contribution in [0.1, 0.15) is 16.1 Å². The number of rotatable bonds is 3. The fourth-order valence-corrected chi connectivity index (χ4v) is 4.47. The van der Waals surface area contributed by atoms with Crippen molar-refractivity contribution in [2.24, 2.45) is 0 Å². The molecule has 27 heavy (non-hydrogen) atoms. The molecule has 4 rings (SSSR count). The summed E-state index contributed by atoms with van der Waals surface area (Å²) in [7, 11) is 1.99. The maximum Gasteiger partial charge on any atom is 0.274 e. The molecule has 2 aromatic carbocycles. The molecule has 0 unspecified atom stereocenters. The molecule has 1 amide bonds. The molecule has 2 heterocycles. The van der Waals surface area contributed by atoms with E-state index in [-0.39, 0.29) is 0 Å². The second kappa shape index (κ2) is 6.95. The van der Waals surface area contributed by atoms with Gasteiger partial charge in [0.05, 0.1) is 5.52 Å². The van der Waals surface area contributed by atoms with Crippen LogP contribution in [0.3, 0.4) is 0 Å². The molecule has 0 saturated heterocycles. The minimum atomic E-state index is -0.604. The SMILES string of the molecule is CN1CCn2c(c(Sc3ccc(C(=O)NO)cc3)c3cc(F)cc(F)c32)C1. The maximum absolute atomic E-state index is 14.5. The van der Waals surface area contributed by atoms with Gasteiger partial charge in [0.1, 0.15) is 11.6 Å². The Morgan fingerprint density at radius 3 is 2.63 bits per heavy atom. The number of likely N-dealkylation sites (N-methyl/N-ethyl adjacent to an activating group) is 1. The van der Waals surface area contributed by atoms with E-state index in [1.54, 1.807) is 29.7 Å². The Morgan fingerprint density at radius 2 is 1.93 bits per heavy atom. The first kappa shape index (κ1) is 18.0. The molecule has 1 aliphatic heterocycles. The predicted octanol–water partition coefficient (Wildman–Crippen LogP) is 3.64. The maximum atomic E-state index is 14.5. The lowest BCUT2D eigenvalue weighted by atomic mass is 10.2. The van der Waals surface area contributed by atoms with Crippen LogP contribution in [0.5, 0.6) is 0 Å². The van der Waals surface area contributed by atoms with Crippen molar-refractivity contribution in [2.45, 2.75) is 22.9 Å². The molecule has 0 atom stereocenters. The van der Waals surface area contributed by atoms with Gasteiger partial charge in [0.2, 0.25) is 0 Å². The summed E-state index contributed by atoms with van der Waals surface area (Å²) < 4.78 is 30.3. The summed E-state index contributed by atoms with van der Waals surface area (Å²) in [5.41, 5.74) is 3.29. The second-order valence-corrected chi connectivity index (χ2v) is 7.60. The molecule has 1 aromatic heterocycles. The summed E-state index contributed by atoms with van der Waals surface area (Å²) in [5.74, 6) is -1.75. The number of amides is 1. The van der Waals surface area contributed by atoms with Crippen LogP contribution in [0.2, 0.25) is 0 Å². The zero-order valence-electron chi connectivity index (χ0n) is 14.5. The lowest BCUT2D eigenvalue weighted by molar-refractivity contribution is 0.0706. The molecule has 2 N–H and O–H groups in total. The molecule has 140 valence electrons. The number of hydrogen-bond acceptors (Lipinski definition) is 4. The molecule has 8 heteroatoms. The Bertz CT molecular complexity index is 1030. The normalized spacial score (nSPS) is 14.4. The molecule has 3 aromatic rings. The van der Waals surface area contributed by atoms with Crippen LogP contribution in [0.15, 0.2) is 46.2 Å². The third-order valence-corrected chi connectivity index (χ3v) is 5.86. The fourth-order valence-electron chi connectivity index (χ4n) is 3.41. The van der Waals surface area contributed by atoms with Crippen LogP contribution in [0, 0.1) is 11.6 Å². The lowest BCUT2D eigenvalue weighted by Crippen LogP contribution is -2.30. The first-order chi connectivity index (χ1) is 13.0. The summed E-state index contributed by atoms with van der Waals surface area (Å²) >= 11 is 1.41. The Balaban J connectivity index is 1.81. The van der Waals surface area contributed by atoms with Gasteiger partial charge in [0.15, 0.2) is 0 Å². The molecule has 0 aliphatic carbocycles. The van der Waals surface area contributed by atoms with E-state index in [1.807, 2.05) is 11.6 Å². The highest BCUT2D eigenvalue weighted by Gasteiger charge is 2.25. The van der Waals surface area contributed by atoms with Crippen molar-refractivity contribution in [1.29, 1.82) is 0 Å². The average Bonchev–Trinajstić information content (AvgIpc) is 2.95. The quantitative estimate of drug-likeness (QED) is 0.531. The molecule has 5 nitrogen and oxygen atoms in total. The van der Waals surface area contributed by atoms with E-state index >= 15 is 0 Å². The van der Waals surface area contributed by atoms with Crippen LogP contribution in [-0.4, -0.2) is 34.2 Å². The van der Waals surface area contributed by atoms with Gasteiger partial charge >= 0.3 is 0 Å². The number of halogens is 2. The number of benzene rings is 2. The van der Waals surface area contributed by atoms with Crippen molar-refractivity contribution in [3.05, 3.63) is 59.3 Å². The number of fused-ring (bicyclic) bond motifs is 3. The third-order valence-electron chi connectivity index (χ3n) is 4.69. The van der Waals surface area contributed by atoms with E-state index in [1.165, 1.54) is 17.8 Å². The zero-order valence-corrected chi connectivity index (χ0v) is 15.3. The van der Waals surface area contributed by atoms with Crippen molar-refractivity contribution < 1.29 is 18.8 Å². The summed E-state index contributed by atoms with van der Waals surface area (Å²) in [6, 6.07) is 8.96. The van der Waals surface area contributed by atoms with Gasteiger partial charge < -0.3 is 4.57 Å². The Labute approximate surface area is 158 Å². The van der Waals surface area contributed by atoms with Gasteiger partial charge in [0.25, 0.3) is 5.91 Å². The van der Waals surface area contributed by atoms with Gasteiger partial charge in [-0.1, -0.05) is 11.8 Å². The minimum Gasteiger partial charge on any atom is -0.339 e. The number of hydroxylamine groups is 1. The molecular weight excluding hydrogens is 372 g/mol. The van der Waals surface area contributed by atoms with Gasteiger partial charge in [-0.15, -0.1) is 0 Å². The topological polar surface area (TPSA) is 57.5 Å². The van der Waals surface area contributed by atoms with Crippen molar-refractivity contribution >= 4 is 28.6 Å². The van der Waals surface area contributed by atoms with E-state index in [0.717, 1.165) is 28.1 Å². The van der Waals surface area contributed by atoms with Crippen molar-refractivity contribution in [3.63, 3.8) is 0 Å². The van der Waals surface area contributed by atoms with E-state index in [4.69, 9.17) is 5.21 Å². The van der Waals surface area contributed by atoms with Gasteiger partial charge in [-0.25, -0.2) is 14.3 Å². The lowest BCUT2D eigenvalue weighted by Gasteiger charge is -2.26. The Morgan fingerprint density at radius 1 is 1.19 bits per heavy atom. The summed E-state index contributed by atoms with van der Waals surface area (Å²) in [5, 5.41) is 9.26. The number of hydrogen-bond donors (Lipinski definition) is 2. The molecular formula is C19H17F2N3O2S. The number of carbonyl (C=O) groups is 1. The first-order valence-corrected chi connectivity index (χ1v) is 9.20. The highest BCUT2D eigenvalue weighted by Crippen LogP contribution is 2.41. The van der Waals surface area contributed by atoms with Crippen LogP contribution in [0.4, 0.5) is 8.78 Å². The van der Waals surface area contributed by atoms with Gasteiger partial charge in [-0.2, -0.15) is 0 Å². The number of nitrogens with zero attached hydrogens (tertiary/aromatic N) is 2. The summed E-state index contributed by atoms with van der Waals surface area (Å²) in [4.78, 5) is 15.2. The predicted molar refractivity (Wildman–Crippen MR) is 98.0 cm³/mol.